The minimum atomic E-state index is -3.56. The first-order valence-corrected chi connectivity index (χ1v) is 5.91. The lowest BCUT2D eigenvalue weighted by molar-refractivity contribution is -0.385. The van der Waals surface area contributed by atoms with Gasteiger partial charge in [0, 0.05) is 12.3 Å². The summed E-state index contributed by atoms with van der Waals surface area (Å²) in [6.45, 7) is 0. The van der Waals surface area contributed by atoms with Crippen LogP contribution >= 0.6 is 0 Å². The second-order valence-electron chi connectivity index (χ2n) is 3.07. The van der Waals surface area contributed by atoms with E-state index in [0.717, 1.165) is 24.5 Å². The second-order valence-corrected chi connectivity index (χ2v) is 5.09. The zero-order valence-corrected chi connectivity index (χ0v) is 9.02. The molecule has 0 saturated heterocycles. The first-order valence-electron chi connectivity index (χ1n) is 4.02. The van der Waals surface area contributed by atoms with Gasteiger partial charge in [0.1, 0.15) is 5.56 Å². The average molecular weight is 244 g/mol. The van der Waals surface area contributed by atoms with Crippen LogP contribution in [0.2, 0.25) is 0 Å². The fraction of sp³-hybridized carbons (Fsp3) is 0.125. The number of benzene rings is 1. The standard InChI is InChI=1S/C8H8N2O5S/c1-16(14,15)5-2-3-6(8(9)11)7(4-5)10(12)13/h2-4H,1H3,(H2,9,11). The SMILES string of the molecule is CS(=O)(=O)c1ccc(C(N)=O)c([N+](=O)[O-])c1. The lowest BCUT2D eigenvalue weighted by Gasteiger charge is -2.01. The summed E-state index contributed by atoms with van der Waals surface area (Å²) in [5, 5.41) is 10.6. The van der Waals surface area contributed by atoms with Gasteiger partial charge in [-0.3, -0.25) is 14.9 Å². The number of carbonyl (C=O) groups is 1. The van der Waals surface area contributed by atoms with Crippen molar-refractivity contribution in [3.8, 4) is 0 Å². The number of sulfone groups is 1. The molecule has 0 unspecified atom stereocenters. The molecule has 86 valence electrons. The van der Waals surface area contributed by atoms with E-state index in [4.69, 9.17) is 5.73 Å². The fourth-order valence-corrected chi connectivity index (χ4v) is 1.74. The van der Waals surface area contributed by atoms with Crippen LogP contribution in [0.5, 0.6) is 0 Å². The molecule has 0 spiro atoms. The number of hydrogen-bond donors (Lipinski definition) is 1. The monoisotopic (exact) mass is 244 g/mol. The smallest absolute Gasteiger partial charge is 0.283 e. The van der Waals surface area contributed by atoms with Crippen LogP contribution in [0.4, 0.5) is 5.69 Å². The molecule has 0 atom stereocenters. The van der Waals surface area contributed by atoms with Crippen molar-refractivity contribution in [2.24, 2.45) is 5.73 Å². The van der Waals surface area contributed by atoms with Gasteiger partial charge in [-0.15, -0.1) is 0 Å². The number of nitrogens with zero attached hydrogens (tertiary/aromatic N) is 1. The van der Waals surface area contributed by atoms with E-state index >= 15 is 0 Å². The van der Waals surface area contributed by atoms with Gasteiger partial charge in [-0.2, -0.15) is 0 Å². The van der Waals surface area contributed by atoms with Gasteiger partial charge in [0.15, 0.2) is 9.84 Å². The third-order valence-corrected chi connectivity index (χ3v) is 2.97. The van der Waals surface area contributed by atoms with Crippen molar-refractivity contribution >= 4 is 21.4 Å². The number of nitro groups is 1. The molecule has 0 heterocycles. The molecule has 0 aliphatic carbocycles. The number of carbonyl (C=O) groups excluding carboxylic acids is 1. The van der Waals surface area contributed by atoms with E-state index in [1.54, 1.807) is 0 Å². The van der Waals surface area contributed by atoms with Gasteiger partial charge in [0.2, 0.25) is 0 Å². The third-order valence-electron chi connectivity index (χ3n) is 1.86. The minimum absolute atomic E-state index is 0.232. The van der Waals surface area contributed by atoms with E-state index < -0.39 is 26.4 Å². The number of amides is 1. The first-order chi connectivity index (χ1) is 7.23. The highest BCUT2D eigenvalue weighted by atomic mass is 32.2. The Hall–Kier alpha value is -1.96. The molecule has 1 rings (SSSR count). The minimum Gasteiger partial charge on any atom is -0.365 e. The molecule has 0 aromatic heterocycles. The van der Waals surface area contributed by atoms with E-state index in [-0.39, 0.29) is 10.5 Å². The Morgan fingerprint density at radius 1 is 1.44 bits per heavy atom. The molecule has 2 N–H and O–H groups in total. The first kappa shape index (κ1) is 12.1. The predicted molar refractivity (Wildman–Crippen MR) is 54.7 cm³/mol. The number of nitro benzene ring substituents is 1. The maximum absolute atomic E-state index is 11.2. The zero-order valence-electron chi connectivity index (χ0n) is 8.21. The summed E-state index contributed by atoms with van der Waals surface area (Å²) >= 11 is 0. The van der Waals surface area contributed by atoms with Crippen LogP contribution in [0.3, 0.4) is 0 Å². The predicted octanol–water partition coefficient (Wildman–Crippen LogP) is 0.0972. The molecule has 7 nitrogen and oxygen atoms in total. The van der Waals surface area contributed by atoms with Gasteiger partial charge in [-0.05, 0) is 12.1 Å². The van der Waals surface area contributed by atoms with Crippen molar-refractivity contribution in [2.45, 2.75) is 4.90 Å². The van der Waals surface area contributed by atoms with Gasteiger partial charge in [0.25, 0.3) is 11.6 Å². The summed E-state index contributed by atoms with van der Waals surface area (Å²) in [5.74, 6) is -0.980. The van der Waals surface area contributed by atoms with E-state index in [9.17, 15) is 23.3 Å². The maximum Gasteiger partial charge on any atom is 0.283 e. The molecule has 0 fully saturated rings. The van der Waals surface area contributed by atoms with Crippen molar-refractivity contribution in [1.29, 1.82) is 0 Å². The number of primary amides is 1. The lowest BCUT2D eigenvalue weighted by Crippen LogP contribution is -2.14. The van der Waals surface area contributed by atoms with Gasteiger partial charge in [-0.25, -0.2) is 8.42 Å². The van der Waals surface area contributed by atoms with E-state index in [2.05, 4.69) is 0 Å². The van der Waals surface area contributed by atoms with E-state index in [1.807, 2.05) is 0 Å². The highest BCUT2D eigenvalue weighted by Gasteiger charge is 2.21. The number of hydrogen-bond acceptors (Lipinski definition) is 5. The molecule has 8 heteroatoms. The summed E-state index contributed by atoms with van der Waals surface area (Å²) in [7, 11) is -3.56. The molecule has 0 radical (unpaired) electrons. The number of nitrogens with two attached hydrogens (primary N) is 1. The topological polar surface area (TPSA) is 120 Å². The highest BCUT2D eigenvalue weighted by molar-refractivity contribution is 7.90. The third kappa shape index (κ3) is 2.34. The summed E-state index contributed by atoms with van der Waals surface area (Å²) in [6.07, 6.45) is 0.913. The molecule has 0 aliphatic rings. The zero-order chi connectivity index (χ0) is 12.5. The van der Waals surface area contributed by atoms with E-state index in [1.165, 1.54) is 0 Å². The largest absolute Gasteiger partial charge is 0.365 e. The van der Waals surface area contributed by atoms with Crippen LogP contribution in [0.15, 0.2) is 23.1 Å². The molecule has 0 saturated carbocycles. The fourth-order valence-electron chi connectivity index (χ4n) is 1.10. The molecule has 1 aromatic rings. The molecule has 16 heavy (non-hydrogen) atoms. The van der Waals surface area contributed by atoms with Gasteiger partial charge in [-0.1, -0.05) is 0 Å². The van der Waals surface area contributed by atoms with Crippen molar-refractivity contribution in [2.75, 3.05) is 6.26 Å². The Bertz CT molecular complexity index is 564. The summed E-state index contributed by atoms with van der Waals surface area (Å²) < 4.78 is 22.3. The highest BCUT2D eigenvalue weighted by Crippen LogP contribution is 2.22. The second kappa shape index (κ2) is 3.89. The van der Waals surface area contributed by atoms with Gasteiger partial charge >= 0.3 is 0 Å². The molecular weight excluding hydrogens is 236 g/mol. The quantitative estimate of drug-likeness (QED) is 0.597. The Balaban J connectivity index is 3.52. The Morgan fingerprint density at radius 3 is 2.38 bits per heavy atom. The molecule has 1 aromatic carbocycles. The van der Waals surface area contributed by atoms with Crippen LogP contribution in [0, 0.1) is 10.1 Å². The van der Waals surface area contributed by atoms with Crippen molar-refractivity contribution < 1.29 is 18.1 Å². The van der Waals surface area contributed by atoms with Crippen LogP contribution in [-0.4, -0.2) is 25.5 Å². The maximum atomic E-state index is 11.2. The summed E-state index contributed by atoms with van der Waals surface area (Å²) in [6, 6.07) is 2.94. The van der Waals surface area contributed by atoms with Crippen molar-refractivity contribution in [3.05, 3.63) is 33.9 Å². The van der Waals surface area contributed by atoms with Gasteiger partial charge < -0.3 is 5.73 Å². The Kier molecular flexibility index (Phi) is 2.95. The molecular formula is C8H8N2O5S. The molecule has 0 aliphatic heterocycles. The number of rotatable bonds is 3. The van der Waals surface area contributed by atoms with Gasteiger partial charge in [0.05, 0.1) is 9.82 Å². The van der Waals surface area contributed by atoms with Crippen LogP contribution < -0.4 is 5.73 Å². The summed E-state index contributed by atoms with van der Waals surface area (Å²) in [4.78, 5) is 20.4. The van der Waals surface area contributed by atoms with E-state index in [0.29, 0.717) is 0 Å². The lowest BCUT2D eigenvalue weighted by atomic mass is 10.2. The Morgan fingerprint density at radius 2 is 2.00 bits per heavy atom. The normalized spacial score (nSPS) is 11.1. The van der Waals surface area contributed by atoms with Crippen molar-refractivity contribution in [3.63, 3.8) is 0 Å². The summed E-state index contributed by atoms with van der Waals surface area (Å²) in [5.41, 5.74) is 3.98. The Labute approximate surface area is 90.9 Å². The average Bonchev–Trinajstić information content (AvgIpc) is 2.15. The van der Waals surface area contributed by atoms with Crippen LogP contribution in [-0.2, 0) is 9.84 Å². The van der Waals surface area contributed by atoms with Crippen LogP contribution in [0.1, 0.15) is 10.4 Å². The molecule has 1 amide bonds. The van der Waals surface area contributed by atoms with Crippen LogP contribution in [0.25, 0.3) is 0 Å². The van der Waals surface area contributed by atoms with Crippen molar-refractivity contribution in [1.82, 2.24) is 0 Å². The molecule has 0 bridgehead atoms.